The number of nitrogens with zero attached hydrogens (tertiary/aromatic N) is 1. The molecular weight excluding hydrogens is 229 g/mol. The molecule has 88 valence electrons. The summed E-state index contributed by atoms with van der Waals surface area (Å²) in [4.78, 5) is 0. The van der Waals surface area contributed by atoms with Crippen LogP contribution in [0.4, 0.5) is 4.39 Å². The van der Waals surface area contributed by atoms with Crippen molar-refractivity contribution in [1.29, 1.82) is 0 Å². The van der Waals surface area contributed by atoms with E-state index in [1.165, 1.54) is 23.9 Å². The maximum Gasteiger partial charge on any atom is 0.177 e. The highest BCUT2D eigenvalue weighted by molar-refractivity contribution is 8.13. The molecule has 0 spiro atoms. The second-order valence-corrected chi connectivity index (χ2v) is 4.09. The molecule has 0 fully saturated rings. The van der Waals surface area contributed by atoms with Gasteiger partial charge in [-0.15, -0.1) is 0 Å². The second-order valence-electron chi connectivity index (χ2n) is 2.97. The zero-order valence-electron chi connectivity index (χ0n) is 8.73. The Morgan fingerprint density at radius 1 is 1.38 bits per heavy atom. The van der Waals surface area contributed by atoms with Crippen LogP contribution in [0.25, 0.3) is 0 Å². The number of hydrogen-bond acceptors (Lipinski definition) is 4. The van der Waals surface area contributed by atoms with Crippen LogP contribution in [0.5, 0.6) is 5.75 Å². The van der Waals surface area contributed by atoms with E-state index >= 15 is 0 Å². The zero-order chi connectivity index (χ0) is 11.8. The Balaban J connectivity index is 2.14. The number of hydrogen-bond donors (Lipinski definition) is 2. The van der Waals surface area contributed by atoms with Crippen molar-refractivity contribution in [2.75, 3.05) is 12.4 Å². The summed E-state index contributed by atoms with van der Waals surface area (Å²) in [6, 6.07) is 5.92. The van der Waals surface area contributed by atoms with E-state index in [9.17, 15) is 4.39 Å². The van der Waals surface area contributed by atoms with Gasteiger partial charge in [0.05, 0.1) is 6.61 Å². The average molecular weight is 243 g/mol. The number of ether oxygens (including phenoxy) is 1. The van der Waals surface area contributed by atoms with E-state index in [4.69, 9.17) is 16.3 Å². The number of amidine groups is 1. The van der Waals surface area contributed by atoms with E-state index in [0.717, 1.165) is 12.2 Å². The summed E-state index contributed by atoms with van der Waals surface area (Å²) in [5.41, 5.74) is 5.39. The fourth-order valence-electron chi connectivity index (χ4n) is 0.994. The molecule has 1 aromatic carbocycles. The zero-order valence-corrected chi connectivity index (χ0v) is 9.54. The fourth-order valence-corrected chi connectivity index (χ4v) is 1.54. The Hall–Kier alpha value is -1.43. The van der Waals surface area contributed by atoms with E-state index in [2.05, 4.69) is 5.10 Å². The van der Waals surface area contributed by atoms with Gasteiger partial charge in [0.25, 0.3) is 0 Å². The molecule has 0 aliphatic rings. The van der Waals surface area contributed by atoms with Crippen molar-refractivity contribution in [2.45, 2.75) is 6.42 Å². The van der Waals surface area contributed by atoms with Crippen molar-refractivity contribution < 1.29 is 9.13 Å². The first-order valence-electron chi connectivity index (χ1n) is 4.77. The molecule has 1 aromatic rings. The molecule has 0 unspecified atom stereocenters. The minimum Gasteiger partial charge on any atom is -0.494 e. The van der Waals surface area contributed by atoms with Crippen molar-refractivity contribution in [2.24, 2.45) is 16.7 Å². The molecule has 0 saturated carbocycles. The average Bonchev–Trinajstić information content (AvgIpc) is 2.31. The van der Waals surface area contributed by atoms with Crippen molar-refractivity contribution in [1.82, 2.24) is 0 Å². The van der Waals surface area contributed by atoms with Crippen molar-refractivity contribution in [3.63, 3.8) is 0 Å². The Labute approximate surface area is 97.8 Å². The molecule has 6 heteroatoms. The third-order valence-electron chi connectivity index (χ3n) is 1.75. The van der Waals surface area contributed by atoms with Crippen LogP contribution < -0.4 is 16.3 Å². The first kappa shape index (κ1) is 12.6. The van der Waals surface area contributed by atoms with Crippen molar-refractivity contribution >= 4 is 16.9 Å². The molecule has 0 aliphatic heterocycles. The van der Waals surface area contributed by atoms with Gasteiger partial charge in [0.1, 0.15) is 11.6 Å². The van der Waals surface area contributed by atoms with Gasteiger partial charge in [0.2, 0.25) is 0 Å². The summed E-state index contributed by atoms with van der Waals surface area (Å²) in [5.74, 6) is 6.14. The van der Waals surface area contributed by atoms with Crippen LogP contribution in [0.15, 0.2) is 29.4 Å². The Bertz CT molecular complexity index is 342. The van der Waals surface area contributed by atoms with Gasteiger partial charge in [0.15, 0.2) is 5.17 Å². The van der Waals surface area contributed by atoms with Gasteiger partial charge >= 0.3 is 0 Å². The second kappa shape index (κ2) is 6.95. The first-order valence-corrected chi connectivity index (χ1v) is 5.75. The highest BCUT2D eigenvalue weighted by Gasteiger charge is 1.96. The van der Waals surface area contributed by atoms with Crippen LogP contribution in [0.2, 0.25) is 0 Å². The summed E-state index contributed by atoms with van der Waals surface area (Å²) in [6.45, 7) is 0.552. The third kappa shape index (κ3) is 4.88. The van der Waals surface area contributed by atoms with Gasteiger partial charge < -0.3 is 16.3 Å². The summed E-state index contributed by atoms with van der Waals surface area (Å²) in [7, 11) is 0. The van der Waals surface area contributed by atoms with Gasteiger partial charge in [-0.1, -0.05) is 11.8 Å². The van der Waals surface area contributed by atoms with Crippen LogP contribution in [0.1, 0.15) is 6.42 Å². The molecule has 0 amide bonds. The Morgan fingerprint density at radius 3 is 2.69 bits per heavy atom. The summed E-state index contributed by atoms with van der Waals surface area (Å²) in [5, 5.41) is 3.69. The molecule has 16 heavy (non-hydrogen) atoms. The van der Waals surface area contributed by atoms with Crippen molar-refractivity contribution in [3.05, 3.63) is 30.1 Å². The van der Waals surface area contributed by atoms with Crippen LogP contribution in [0, 0.1) is 5.82 Å². The number of thioether (sulfide) groups is 1. The number of nitrogens with two attached hydrogens (primary N) is 2. The van der Waals surface area contributed by atoms with E-state index in [1.807, 2.05) is 0 Å². The molecule has 0 atom stereocenters. The van der Waals surface area contributed by atoms with Crippen LogP contribution in [-0.4, -0.2) is 17.5 Å². The molecular formula is C10H14FN3OS. The quantitative estimate of drug-likeness (QED) is 0.270. The molecule has 0 radical (unpaired) electrons. The Morgan fingerprint density at radius 2 is 2.06 bits per heavy atom. The van der Waals surface area contributed by atoms with Gasteiger partial charge in [0, 0.05) is 5.75 Å². The molecule has 1 rings (SSSR count). The smallest absolute Gasteiger partial charge is 0.177 e. The standard InChI is InChI=1S/C10H14FN3OS/c11-8-2-4-9(5-3-8)15-6-1-7-16-10(12)14-13/h2-5H,1,6-7,13H2,(H2,12,14). The summed E-state index contributed by atoms with van der Waals surface area (Å²) >= 11 is 1.38. The first-order chi connectivity index (χ1) is 7.72. The minimum absolute atomic E-state index is 0.269. The lowest BCUT2D eigenvalue weighted by molar-refractivity contribution is 0.318. The third-order valence-corrected chi connectivity index (χ3v) is 2.64. The van der Waals surface area contributed by atoms with Crippen LogP contribution in [-0.2, 0) is 0 Å². The number of hydrazone groups is 1. The maximum atomic E-state index is 12.6. The lowest BCUT2D eigenvalue weighted by Crippen LogP contribution is -2.10. The molecule has 0 bridgehead atoms. The molecule has 0 aliphatic carbocycles. The van der Waals surface area contributed by atoms with Gasteiger partial charge in [-0.3, -0.25) is 0 Å². The van der Waals surface area contributed by atoms with E-state index < -0.39 is 0 Å². The SMILES string of the molecule is NN=C(N)SCCCOc1ccc(F)cc1. The number of halogens is 1. The predicted molar refractivity (Wildman–Crippen MR) is 64.8 cm³/mol. The lowest BCUT2D eigenvalue weighted by Gasteiger charge is -2.05. The lowest BCUT2D eigenvalue weighted by atomic mass is 10.3. The molecule has 0 aromatic heterocycles. The van der Waals surface area contributed by atoms with E-state index in [0.29, 0.717) is 17.5 Å². The molecule has 0 heterocycles. The monoisotopic (exact) mass is 243 g/mol. The summed E-state index contributed by atoms with van der Waals surface area (Å²) < 4.78 is 17.9. The van der Waals surface area contributed by atoms with Gasteiger partial charge in [-0.2, -0.15) is 5.10 Å². The van der Waals surface area contributed by atoms with Gasteiger partial charge in [-0.05, 0) is 30.7 Å². The minimum atomic E-state index is -0.269. The summed E-state index contributed by atoms with van der Waals surface area (Å²) in [6.07, 6.45) is 0.818. The predicted octanol–water partition coefficient (Wildman–Crippen LogP) is 1.52. The Kier molecular flexibility index (Phi) is 5.49. The normalized spacial score (nSPS) is 11.4. The highest BCUT2D eigenvalue weighted by Crippen LogP contribution is 2.11. The number of benzene rings is 1. The van der Waals surface area contributed by atoms with E-state index in [1.54, 1.807) is 12.1 Å². The van der Waals surface area contributed by atoms with Gasteiger partial charge in [-0.25, -0.2) is 4.39 Å². The van der Waals surface area contributed by atoms with E-state index in [-0.39, 0.29) is 5.82 Å². The van der Waals surface area contributed by atoms with Crippen LogP contribution in [0.3, 0.4) is 0 Å². The largest absolute Gasteiger partial charge is 0.494 e. The molecule has 4 nitrogen and oxygen atoms in total. The highest BCUT2D eigenvalue weighted by atomic mass is 32.2. The fraction of sp³-hybridized carbons (Fsp3) is 0.300. The van der Waals surface area contributed by atoms with Crippen LogP contribution >= 0.6 is 11.8 Å². The number of rotatable bonds is 5. The topological polar surface area (TPSA) is 73.6 Å². The molecule has 4 N–H and O–H groups in total. The van der Waals surface area contributed by atoms with Crippen molar-refractivity contribution in [3.8, 4) is 5.75 Å². The molecule has 0 saturated heterocycles. The maximum absolute atomic E-state index is 12.6.